The first-order valence-electron chi connectivity index (χ1n) is 9.51. The lowest BCUT2D eigenvalue weighted by Crippen LogP contribution is -2.32. The van der Waals surface area contributed by atoms with Crippen molar-refractivity contribution in [3.63, 3.8) is 0 Å². The lowest BCUT2D eigenvalue weighted by molar-refractivity contribution is -0.136. The van der Waals surface area contributed by atoms with E-state index in [1.165, 1.54) is 4.90 Å². The van der Waals surface area contributed by atoms with Gasteiger partial charge in [0.2, 0.25) is 5.91 Å². The molecule has 9 heteroatoms. The zero-order chi connectivity index (χ0) is 20.8. The molecule has 3 rings (SSSR count). The normalized spacial score (nSPS) is 12.7. The molecular formula is C20H24N4O5. The van der Waals surface area contributed by atoms with Crippen molar-refractivity contribution in [3.05, 3.63) is 35.4 Å². The predicted molar refractivity (Wildman–Crippen MR) is 106 cm³/mol. The van der Waals surface area contributed by atoms with Crippen LogP contribution in [0.4, 0.5) is 11.6 Å². The van der Waals surface area contributed by atoms with Crippen LogP contribution in [0.3, 0.4) is 0 Å². The molecular weight excluding hydrogens is 376 g/mol. The molecule has 2 aromatic rings. The number of aromatic nitrogens is 2. The number of hydrogen-bond donors (Lipinski definition) is 2. The minimum atomic E-state index is -0.938. The number of carboxylic acid groups (broad SMARTS) is 1. The summed E-state index contributed by atoms with van der Waals surface area (Å²) in [5, 5.41) is 9.02. The Hall–Kier alpha value is -3.36. The highest BCUT2D eigenvalue weighted by molar-refractivity contribution is 6.01. The van der Waals surface area contributed by atoms with Crippen molar-refractivity contribution in [2.75, 3.05) is 30.4 Å². The molecule has 0 radical (unpaired) electrons. The minimum absolute atomic E-state index is 0.131. The average Bonchev–Trinajstić information content (AvgIpc) is 2.99. The molecule has 1 aliphatic heterocycles. The smallest absolute Gasteiger partial charge is 0.320 e. The van der Waals surface area contributed by atoms with Gasteiger partial charge in [-0.05, 0) is 12.5 Å². The number of fused-ring (bicyclic) bond motifs is 1. The number of rotatable bonds is 10. The van der Waals surface area contributed by atoms with Crippen LogP contribution in [0.1, 0.15) is 30.9 Å². The van der Waals surface area contributed by atoms with Gasteiger partial charge in [0.15, 0.2) is 0 Å². The van der Waals surface area contributed by atoms with Gasteiger partial charge in [0.1, 0.15) is 24.0 Å². The third-order valence-electron chi connectivity index (χ3n) is 4.50. The molecule has 0 unspecified atom stereocenters. The second-order valence-corrected chi connectivity index (χ2v) is 6.64. The monoisotopic (exact) mass is 400 g/mol. The van der Waals surface area contributed by atoms with Gasteiger partial charge in [0.05, 0.1) is 26.0 Å². The van der Waals surface area contributed by atoms with Gasteiger partial charge in [-0.15, -0.1) is 0 Å². The number of carbonyl (C=O) groups excluding carboxylic acids is 1. The summed E-state index contributed by atoms with van der Waals surface area (Å²) in [7, 11) is 0. The number of anilines is 2. The summed E-state index contributed by atoms with van der Waals surface area (Å²) in [6.45, 7) is 2.96. The van der Waals surface area contributed by atoms with E-state index in [1.54, 1.807) is 24.3 Å². The molecule has 2 heterocycles. The van der Waals surface area contributed by atoms with Crippen LogP contribution < -0.4 is 20.1 Å². The number of nitrogens with zero attached hydrogens (tertiary/aromatic N) is 3. The number of aliphatic carboxylic acids is 1. The number of nitrogens with two attached hydrogens (primary N) is 1. The van der Waals surface area contributed by atoms with Crippen molar-refractivity contribution in [2.45, 2.75) is 32.6 Å². The molecule has 1 amide bonds. The number of ether oxygens (including phenoxy) is 2. The average molecular weight is 400 g/mol. The second kappa shape index (κ2) is 9.22. The molecule has 0 fully saturated rings. The molecule has 0 aliphatic carbocycles. The number of unbranched alkanes of at least 4 members (excludes halogenated alkanes) is 1. The molecule has 0 saturated carbocycles. The molecule has 0 atom stereocenters. The molecule has 29 heavy (non-hydrogen) atoms. The summed E-state index contributed by atoms with van der Waals surface area (Å²) in [5.41, 5.74) is 7.15. The van der Waals surface area contributed by atoms with Crippen molar-refractivity contribution >= 4 is 23.5 Å². The Balaban J connectivity index is 1.69. The third-order valence-corrected chi connectivity index (χ3v) is 4.50. The first-order valence-corrected chi connectivity index (χ1v) is 9.51. The Morgan fingerprint density at radius 2 is 2.03 bits per heavy atom. The van der Waals surface area contributed by atoms with E-state index in [0.29, 0.717) is 29.3 Å². The second-order valence-electron chi connectivity index (χ2n) is 6.64. The molecule has 9 nitrogen and oxygen atoms in total. The van der Waals surface area contributed by atoms with E-state index in [-0.39, 0.29) is 43.7 Å². The number of carboxylic acids is 1. The van der Waals surface area contributed by atoms with Gasteiger partial charge >= 0.3 is 12.0 Å². The van der Waals surface area contributed by atoms with Crippen LogP contribution in [0, 0.1) is 0 Å². The molecule has 0 saturated heterocycles. The maximum absolute atomic E-state index is 12.4. The standard InChI is InChI=1S/C20H24N4O5/c1-2-3-9-29-20-22-18(21)14-12-16(25)24(19(14)23-20)8-10-28-15-7-5-4-6-13(15)11-17(26)27/h4-7H,2-3,8-12H2,1H3,(H,26,27)(H2,21,22,23). The number of nitrogen functional groups attached to an aromatic ring is 1. The maximum atomic E-state index is 12.4. The van der Waals surface area contributed by atoms with Crippen molar-refractivity contribution in [2.24, 2.45) is 0 Å². The van der Waals surface area contributed by atoms with E-state index >= 15 is 0 Å². The molecule has 0 bridgehead atoms. The van der Waals surface area contributed by atoms with Gasteiger partial charge in [0.25, 0.3) is 0 Å². The van der Waals surface area contributed by atoms with Crippen LogP contribution in [0.5, 0.6) is 11.8 Å². The van der Waals surface area contributed by atoms with Gasteiger partial charge in [0, 0.05) is 11.1 Å². The van der Waals surface area contributed by atoms with E-state index in [0.717, 1.165) is 12.8 Å². The van der Waals surface area contributed by atoms with Gasteiger partial charge in [-0.3, -0.25) is 14.5 Å². The highest BCUT2D eigenvalue weighted by Crippen LogP contribution is 2.32. The summed E-state index contributed by atoms with van der Waals surface area (Å²) in [6, 6.07) is 7.09. The lowest BCUT2D eigenvalue weighted by atomic mass is 10.1. The van der Waals surface area contributed by atoms with Gasteiger partial charge in [-0.2, -0.15) is 9.97 Å². The molecule has 154 valence electrons. The van der Waals surface area contributed by atoms with Crippen LogP contribution in [-0.4, -0.2) is 46.7 Å². The summed E-state index contributed by atoms with van der Waals surface area (Å²) in [6.07, 6.45) is 1.84. The van der Waals surface area contributed by atoms with E-state index in [4.69, 9.17) is 20.3 Å². The van der Waals surface area contributed by atoms with E-state index in [1.807, 2.05) is 0 Å². The molecule has 1 aromatic carbocycles. The Morgan fingerprint density at radius 1 is 1.24 bits per heavy atom. The summed E-state index contributed by atoms with van der Waals surface area (Å²) < 4.78 is 11.3. The highest BCUT2D eigenvalue weighted by Gasteiger charge is 2.32. The Labute approximate surface area is 168 Å². The number of para-hydroxylation sites is 1. The van der Waals surface area contributed by atoms with E-state index in [9.17, 15) is 9.59 Å². The molecule has 1 aliphatic rings. The topological polar surface area (TPSA) is 128 Å². The van der Waals surface area contributed by atoms with Crippen molar-refractivity contribution in [1.29, 1.82) is 0 Å². The van der Waals surface area contributed by atoms with Crippen molar-refractivity contribution < 1.29 is 24.2 Å². The first-order chi connectivity index (χ1) is 14.0. The number of hydrogen-bond acceptors (Lipinski definition) is 7. The van der Waals surface area contributed by atoms with E-state index in [2.05, 4.69) is 16.9 Å². The van der Waals surface area contributed by atoms with Crippen LogP contribution in [-0.2, 0) is 22.4 Å². The Bertz CT molecular complexity index is 902. The fraction of sp³-hybridized carbons (Fsp3) is 0.400. The van der Waals surface area contributed by atoms with Crippen LogP contribution in [0.15, 0.2) is 24.3 Å². The first kappa shape index (κ1) is 20.4. The molecule has 0 spiro atoms. The lowest BCUT2D eigenvalue weighted by Gasteiger charge is -2.18. The molecule has 1 aromatic heterocycles. The zero-order valence-corrected chi connectivity index (χ0v) is 16.3. The Kier molecular flexibility index (Phi) is 6.48. The summed E-state index contributed by atoms with van der Waals surface area (Å²) >= 11 is 0. The zero-order valence-electron chi connectivity index (χ0n) is 16.3. The third kappa shape index (κ3) is 4.92. The minimum Gasteiger partial charge on any atom is -0.491 e. The number of carbonyl (C=O) groups is 2. The summed E-state index contributed by atoms with van der Waals surface area (Å²) in [5.74, 6) is 0.0793. The fourth-order valence-corrected chi connectivity index (χ4v) is 3.03. The van der Waals surface area contributed by atoms with Crippen LogP contribution in [0.25, 0.3) is 0 Å². The quantitative estimate of drug-likeness (QED) is 0.578. The van der Waals surface area contributed by atoms with Crippen molar-refractivity contribution in [3.8, 4) is 11.8 Å². The largest absolute Gasteiger partial charge is 0.491 e. The Morgan fingerprint density at radius 3 is 2.79 bits per heavy atom. The van der Waals surface area contributed by atoms with Crippen LogP contribution in [0.2, 0.25) is 0 Å². The fourth-order valence-electron chi connectivity index (χ4n) is 3.03. The SMILES string of the molecule is CCCCOc1nc(N)c2c(n1)N(CCOc1ccccc1CC(=O)O)C(=O)C2. The highest BCUT2D eigenvalue weighted by atomic mass is 16.5. The van der Waals surface area contributed by atoms with E-state index < -0.39 is 5.97 Å². The van der Waals surface area contributed by atoms with Gasteiger partial charge in [-0.1, -0.05) is 31.5 Å². The number of benzene rings is 1. The summed E-state index contributed by atoms with van der Waals surface area (Å²) in [4.78, 5) is 33.4. The maximum Gasteiger partial charge on any atom is 0.320 e. The van der Waals surface area contributed by atoms with Gasteiger partial charge in [-0.25, -0.2) is 0 Å². The van der Waals surface area contributed by atoms with Crippen LogP contribution >= 0.6 is 0 Å². The number of amides is 1. The molecule has 3 N–H and O–H groups in total. The van der Waals surface area contributed by atoms with Crippen molar-refractivity contribution in [1.82, 2.24) is 9.97 Å². The predicted octanol–water partition coefficient (Wildman–Crippen LogP) is 1.83. The van der Waals surface area contributed by atoms with Gasteiger partial charge < -0.3 is 20.3 Å².